The Labute approximate surface area is 217 Å². The molecular formula is C17H13Cl9O4. The molecule has 9 atom stereocenters. The molecule has 6 aliphatic carbocycles. The summed E-state index contributed by atoms with van der Waals surface area (Å²) in [5.41, 5.74) is -2.19. The Balaban J connectivity index is 1.58. The zero-order chi connectivity index (χ0) is 22.8. The van der Waals surface area contributed by atoms with Gasteiger partial charge in [-0.3, -0.25) is 9.59 Å². The first-order valence-electron chi connectivity index (χ1n) is 9.06. The van der Waals surface area contributed by atoms with Crippen LogP contribution in [0.5, 0.6) is 0 Å². The van der Waals surface area contributed by atoms with Crippen molar-refractivity contribution in [1.29, 1.82) is 0 Å². The summed E-state index contributed by atoms with van der Waals surface area (Å²) >= 11 is 61.7. The number of ether oxygens (including phenoxy) is 1. The normalized spacial score (nSPS) is 62.3. The van der Waals surface area contributed by atoms with Crippen LogP contribution in [0.3, 0.4) is 0 Å². The molecule has 6 saturated carbocycles. The maximum Gasteiger partial charge on any atom is 0.306 e. The van der Waals surface area contributed by atoms with Crippen LogP contribution in [0.4, 0.5) is 0 Å². The van der Waals surface area contributed by atoms with Gasteiger partial charge in [-0.05, 0) is 6.92 Å². The second-order valence-electron chi connectivity index (χ2n) is 8.66. The average Bonchev–Trinajstić information content (AvgIpc) is 2.89. The highest BCUT2D eigenvalue weighted by atomic mass is 35.5. The maximum absolute atomic E-state index is 12.7. The second kappa shape index (κ2) is 5.58. The average molecular weight is 600 g/mol. The summed E-state index contributed by atoms with van der Waals surface area (Å²) in [5.74, 6) is -2.10. The van der Waals surface area contributed by atoms with Crippen LogP contribution in [0.2, 0.25) is 0 Å². The lowest BCUT2D eigenvalue weighted by Gasteiger charge is -2.78. The van der Waals surface area contributed by atoms with E-state index >= 15 is 0 Å². The Morgan fingerprint density at radius 3 is 1.90 bits per heavy atom. The number of hydrogen-bond acceptors (Lipinski definition) is 4. The summed E-state index contributed by atoms with van der Waals surface area (Å²) in [6.07, 6.45) is -0.949. The maximum atomic E-state index is 12.7. The minimum absolute atomic E-state index is 0.174. The molecule has 13 heteroatoms. The van der Waals surface area contributed by atoms with E-state index in [1.807, 2.05) is 0 Å². The van der Waals surface area contributed by atoms with Gasteiger partial charge >= 0.3 is 5.97 Å². The highest BCUT2D eigenvalue weighted by Gasteiger charge is 3.28. The Kier molecular flexibility index (Phi) is 4.36. The van der Waals surface area contributed by atoms with Crippen LogP contribution in [-0.4, -0.2) is 67.5 Å². The van der Waals surface area contributed by atoms with Gasteiger partial charge in [0.15, 0.2) is 4.33 Å². The molecule has 4 bridgehead atoms. The third-order valence-corrected chi connectivity index (χ3v) is 16.2. The number of carbonyl (C=O) groups excluding carboxylic acids is 2. The zero-order valence-electron chi connectivity index (χ0n) is 15.0. The lowest BCUT2D eigenvalue weighted by molar-refractivity contribution is -0.145. The molecule has 0 spiro atoms. The van der Waals surface area contributed by atoms with Crippen molar-refractivity contribution in [3.8, 4) is 0 Å². The highest BCUT2D eigenvalue weighted by Crippen LogP contribution is 3.10. The number of esters is 1. The van der Waals surface area contributed by atoms with Crippen molar-refractivity contribution in [2.75, 3.05) is 6.61 Å². The van der Waals surface area contributed by atoms with E-state index in [0.717, 1.165) is 0 Å². The molecule has 1 N–H and O–H groups in total. The van der Waals surface area contributed by atoms with E-state index in [0.29, 0.717) is 0 Å². The van der Waals surface area contributed by atoms with E-state index in [-0.39, 0.29) is 19.4 Å². The van der Waals surface area contributed by atoms with Gasteiger partial charge in [-0.1, -0.05) is 23.2 Å². The van der Waals surface area contributed by atoms with E-state index in [1.54, 1.807) is 6.92 Å². The fourth-order valence-corrected chi connectivity index (χ4v) is 14.9. The molecule has 0 aromatic carbocycles. The number of ketones is 1. The molecule has 0 radical (unpaired) electrons. The van der Waals surface area contributed by atoms with Gasteiger partial charge in [0.05, 0.1) is 17.9 Å². The Hall–Kier alpha value is 1.71. The highest BCUT2D eigenvalue weighted by molar-refractivity contribution is 6.74. The van der Waals surface area contributed by atoms with Crippen molar-refractivity contribution >= 4 is 116 Å². The number of carbonyl (C=O) groups is 2. The smallest absolute Gasteiger partial charge is 0.306 e. The molecule has 0 heterocycles. The van der Waals surface area contributed by atoms with Crippen molar-refractivity contribution < 1.29 is 19.4 Å². The van der Waals surface area contributed by atoms with Gasteiger partial charge < -0.3 is 9.84 Å². The largest absolute Gasteiger partial charge is 0.466 e. The fourth-order valence-electron chi connectivity index (χ4n) is 7.25. The minimum atomic E-state index is -2.19. The molecule has 0 aromatic heterocycles. The van der Waals surface area contributed by atoms with Crippen LogP contribution >= 0.6 is 104 Å². The summed E-state index contributed by atoms with van der Waals surface area (Å²) in [6, 6.07) is 0. The van der Waals surface area contributed by atoms with Gasteiger partial charge in [0, 0.05) is 18.8 Å². The van der Waals surface area contributed by atoms with E-state index < -0.39 is 68.1 Å². The molecule has 0 aliphatic heterocycles. The van der Waals surface area contributed by atoms with E-state index in [4.69, 9.17) is 109 Å². The molecule has 6 aliphatic rings. The van der Waals surface area contributed by atoms with Gasteiger partial charge in [-0.25, -0.2) is 0 Å². The van der Waals surface area contributed by atoms with Crippen LogP contribution in [-0.2, 0) is 14.3 Å². The van der Waals surface area contributed by atoms with Crippen LogP contribution in [0.1, 0.15) is 26.2 Å². The zero-order valence-corrected chi connectivity index (χ0v) is 21.8. The first kappa shape index (κ1) is 23.5. The van der Waals surface area contributed by atoms with Crippen molar-refractivity contribution in [3.63, 3.8) is 0 Å². The standard InChI is InChI=1S/C17H13Cl9O4/c1-2-30-7(28)4-3-6(27)5-9(29)10(18)8-11(19)13(9,21)16(24)14(10,22)12(8,20)17(25,26)15(11,16)23/h8,29H,2-5H2,1H3/t8-,9-,10-,11-,12-,13-,14+,15+,16+/m0/s1. The summed E-state index contributed by atoms with van der Waals surface area (Å²) in [7, 11) is 0. The number of halogens is 9. The number of rotatable bonds is 6. The van der Waals surface area contributed by atoms with E-state index in [1.165, 1.54) is 0 Å². The molecule has 0 saturated heterocycles. The molecule has 0 amide bonds. The molecule has 6 rings (SSSR count). The van der Waals surface area contributed by atoms with E-state index in [9.17, 15) is 14.7 Å². The fraction of sp³-hybridized carbons (Fsp3) is 0.882. The van der Waals surface area contributed by atoms with Crippen LogP contribution in [0, 0.1) is 5.92 Å². The molecule has 0 aromatic rings. The first-order valence-corrected chi connectivity index (χ1v) is 12.5. The number of Topliss-reactive ketones (excluding diaryl/α,β-unsaturated/α-hetero) is 1. The second-order valence-corrected chi connectivity index (χ2v) is 14.0. The Bertz CT molecular complexity index is 948. The summed E-state index contributed by atoms with van der Waals surface area (Å²) < 4.78 is 2.90. The lowest BCUT2D eigenvalue weighted by atomic mass is 9.42. The SMILES string of the molecule is CCOC(=O)CCC(=O)C[C@]1(O)[C@@]2(Cl)[C@H]3[C@@]4(Cl)[C@]5(Cl)C(Cl)(Cl)[C@@]3(Cl)[C@@]2(Cl)[C@]5(Cl)[C@]14Cl. The summed E-state index contributed by atoms with van der Waals surface area (Å²) in [4.78, 5) is 11.4. The van der Waals surface area contributed by atoms with Crippen molar-refractivity contribution in [3.05, 3.63) is 0 Å². The van der Waals surface area contributed by atoms with Crippen LogP contribution in [0.25, 0.3) is 0 Å². The van der Waals surface area contributed by atoms with Crippen molar-refractivity contribution in [2.24, 2.45) is 5.92 Å². The Morgan fingerprint density at radius 2 is 1.37 bits per heavy atom. The Morgan fingerprint density at radius 1 is 0.800 bits per heavy atom. The van der Waals surface area contributed by atoms with Gasteiger partial charge in [0.1, 0.15) is 40.6 Å². The number of hydrogen-bond donors (Lipinski definition) is 1. The molecule has 30 heavy (non-hydrogen) atoms. The van der Waals surface area contributed by atoms with Crippen LogP contribution < -0.4 is 0 Å². The minimum Gasteiger partial charge on any atom is -0.466 e. The predicted octanol–water partition coefficient (Wildman–Crippen LogP) is 4.72. The molecule has 0 unspecified atom stereocenters. The third kappa shape index (κ3) is 1.41. The van der Waals surface area contributed by atoms with Gasteiger partial charge in [-0.15, -0.1) is 81.2 Å². The predicted molar refractivity (Wildman–Crippen MR) is 118 cm³/mol. The van der Waals surface area contributed by atoms with Crippen molar-refractivity contribution in [1.82, 2.24) is 0 Å². The first-order chi connectivity index (χ1) is 13.5. The monoisotopic (exact) mass is 596 g/mol. The summed E-state index contributed by atoms with van der Waals surface area (Å²) in [5, 5.41) is 11.8. The molecule has 6 fully saturated rings. The molecule has 168 valence electrons. The van der Waals surface area contributed by atoms with Gasteiger partial charge in [-0.2, -0.15) is 0 Å². The molecule has 4 nitrogen and oxygen atoms in total. The van der Waals surface area contributed by atoms with Gasteiger partial charge in [0.25, 0.3) is 0 Å². The lowest BCUT2D eigenvalue weighted by Crippen LogP contribution is -2.98. The topological polar surface area (TPSA) is 63.6 Å². The quantitative estimate of drug-likeness (QED) is 0.354. The summed E-state index contributed by atoms with van der Waals surface area (Å²) in [6.45, 7) is 1.83. The number of alkyl halides is 9. The molecular weight excluding hydrogens is 587 g/mol. The third-order valence-electron chi connectivity index (χ3n) is 8.05. The van der Waals surface area contributed by atoms with E-state index in [2.05, 4.69) is 0 Å². The number of aliphatic hydroxyl groups is 1. The van der Waals surface area contributed by atoms with Gasteiger partial charge in [0.2, 0.25) is 0 Å². The van der Waals surface area contributed by atoms with Crippen molar-refractivity contribution in [2.45, 2.75) is 70.2 Å². The van der Waals surface area contributed by atoms with Crippen LogP contribution in [0.15, 0.2) is 0 Å².